The van der Waals surface area contributed by atoms with Crippen molar-refractivity contribution in [1.29, 1.82) is 0 Å². The van der Waals surface area contributed by atoms with Crippen LogP contribution in [0.5, 0.6) is 5.75 Å². The Bertz CT molecular complexity index is 917. The summed E-state index contributed by atoms with van der Waals surface area (Å²) in [5.41, 5.74) is 5.50. The van der Waals surface area contributed by atoms with Gasteiger partial charge >= 0.3 is 0 Å². The van der Waals surface area contributed by atoms with E-state index in [0.717, 1.165) is 38.1 Å². The summed E-state index contributed by atoms with van der Waals surface area (Å²) in [5, 5.41) is 7.00. The molecule has 0 amide bonds. The second-order valence-corrected chi connectivity index (χ2v) is 7.73. The second kappa shape index (κ2) is 8.83. The van der Waals surface area contributed by atoms with Crippen molar-refractivity contribution in [2.75, 3.05) is 5.43 Å². The molecule has 0 aliphatic rings. The molecule has 136 valence electrons. The van der Waals surface area contributed by atoms with Crippen LogP contribution >= 0.6 is 44.1 Å². The Morgan fingerprint density at radius 3 is 2.50 bits per heavy atom. The van der Waals surface area contributed by atoms with Gasteiger partial charge in [0.15, 0.2) is 5.82 Å². The van der Waals surface area contributed by atoms with Crippen molar-refractivity contribution in [3.63, 3.8) is 0 Å². The Kier molecular flexibility index (Phi) is 6.50. The molecule has 0 spiro atoms. The van der Waals surface area contributed by atoms with Crippen LogP contribution in [0.2, 0.25) is 0 Å². The maximum atomic E-state index is 5.96. The highest BCUT2D eigenvalue weighted by Crippen LogP contribution is 2.35. The Morgan fingerprint density at radius 2 is 1.85 bits per heavy atom. The fourth-order valence-corrected chi connectivity index (χ4v) is 4.21. The molecular formula is C18H18Br2N4OS. The Morgan fingerprint density at radius 1 is 1.15 bits per heavy atom. The Labute approximate surface area is 174 Å². The van der Waals surface area contributed by atoms with Gasteiger partial charge in [-0.2, -0.15) is 5.10 Å². The number of aromatic nitrogens is 3. The van der Waals surface area contributed by atoms with Crippen LogP contribution in [0, 0.1) is 4.77 Å². The number of nitrogens with one attached hydrogen (secondary N) is 2. The Hall–Kier alpha value is -1.64. The van der Waals surface area contributed by atoms with Crippen molar-refractivity contribution >= 4 is 44.1 Å². The van der Waals surface area contributed by atoms with E-state index in [4.69, 9.17) is 17.0 Å². The molecule has 1 heterocycles. The van der Waals surface area contributed by atoms with Crippen LogP contribution < -0.4 is 10.2 Å². The average Bonchev–Trinajstić information content (AvgIpc) is 3.00. The molecule has 2 aromatic carbocycles. The standard InChI is InChI=1S/C18H18Br2N4OS/c1-2-16-22-23-18(26)24(16)21-10-13-8-14(19)17(15(20)9-13)25-11-12-6-4-3-5-7-12/h3-9,21H,2,10-11H2,1H3,(H,23,26). The molecule has 0 radical (unpaired) electrons. The average molecular weight is 498 g/mol. The van der Waals surface area contributed by atoms with Gasteiger partial charge in [-0.25, -0.2) is 4.68 Å². The molecule has 26 heavy (non-hydrogen) atoms. The minimum Gasteiger partial charge on any atom is -0.487 e. The van der Waals surface area contributed by atoms with Crippen LogP contribution in [0.25, 0.3) is 0 Å². The highest BCUT2D eigenvalue weighted by molar-refractivity contribution is 9.11. The van der Waals surface area contributed by atoms with Gasteiger partial charge in [-0.1, -0.05) is 37.3 Å². The number of benzene rings is 2. The molecule has 3 aromatic rings. The fourth-order valence-electron chi connectivity index (χ4n) is 2.48. The molecular weight excluding hydrogens is 480 g/mol. The second-order valence-electron chi connectivity index (χ2n) is 5.63. The number of halogens is 2. The van der Waals surface area contributed by atoms with Crippen LogP contribution in [0.1, 0.15) is 23.9 Å². The third-order valence-corrected chi connectivity index (χ3v) is 5.24. The molecule has 5 nitrogen and oxygen atoms in total. The Balaban J connectivity index is 1.70. The molecule has 0 unspecified atom stereocenters. The molecule has 0 fully saturated rings. The van der Waals surface area contributed by atoms with Gasteiger partial charge in [0.05, 0.1) is 15.5 Å². The number of aryl methyl sites for hydroxylation is 1. The van der Waals surface area contributed by atoms with Crippen LogP contribution in [-0.2, 0) is 19.6 Å². The van der Waals surface area contributed by atoms with Crippen molar-refractivity contribution in [2.45, 2.75) is 26.5 Å². The minimum atomic E-state index is 0.514. The molecule has 0 bridgehead atoms. The van der Waals surface area contributed by atoms with E-state index in [9.17, 15) is 0 Å². The van der Waals surface area contributed by atoms with E-state index in [1.807, 2.05) is 49.4 Å². The van der Waals surface area contributed by atoms with Gasteiger partial charge < -0.3 is 10.2 Å². The maximum absolute atomic E-state index is 5.96. The third-order valence-electron chi connectivity index (χ3n) is 3.78. The number of rotatable bonds is 7. The number of ether oxygens (including phenoxy) is 1. The van der Waals surface area contributed by atoms with E-state index in [-0.39, 0.29) is 0 Å². The monoisotopic (exact) mass is 496 g/mol. The minimum absolute atomic E-state index is 0.514. The molecule has 8 heteroatoms. The summed E-state index contributed by atoms with van der Waals surface area (Å²) < 4.78 is 10.1. The van der Waals surface area contributed by atoms with E-state index >= 15 is 0 Å². The van der Waals surface area contributed by atoms with Gasteiger partial charge in [0.1, 0.15) is 12.4 Å². The molecule has 0 saturated carbocycles. The number of H-pyrrole nitrogens is 1. The first-order chi connectivity index (χ1) is 12.6. The summed E-state index contributed by atoms with van der Waals surface area (Å²) >= 11 is 12.5. The topological polar surface area (TPSA) is 54.9 Å². The zero-order valence-electron chi connectivity index (χ0n) is 14.1. The smallest absolute Gasteiger partial charge is 0.214 e. The number of aromatic amines is 1. The number of hydrogen-bond acceptors (Lipinski definition) is 4. The van der Waals surface area contributed by atoms with Gasteiger partial charge in [-0.3, -0.25) is 5.10 Å². The van der Waals surface area contributed by atoms with Crippen LogP contribution in [-0.4, -0.2) is 14.9 Å². The number of nitrogens with zero attached hydrogens (tertiary/aromatic N) is 2. The van der Waals surface area contributed by atoms with Crippen LogP contribution in [0.15, 0.2) is 51.4 Å². The summed E-state index contributed by atoms with van der Waals surface area (Å²) in [4.78, 5) is 0. The fraction of sp³-hybridized carbons (Fsp3) is 0.222. The summed E-state index contributed by atoms with van der Waals surface area (Å²) in [5.74, 6) is 1.66. The van der Waals surface area contributed by atoms with Gasteiger partial charge in [0, 0.05) is 6.42 Å². The zero-order chi connectivity index (χ0) is 18.5. The quantitative estimate of drug-likeness (QED) is 0.432. The predicted molar refractivity (Wildman–Crippen MR) is 112 cm³/mol. The molecule has 2 N–H and O–H groups in total. The largest absolute Gasteiger partial charge is 0.487 e. The van der Waals surface area contributed by atoms with Crippen molar-refractivity contribution in [3.05, 3.63) is 73.1 Å². The molecule has 0 aliphatic heterocycles. The first kappa shape index (κ1) is 19.1. The highest BCUT2D eigenvalue weighted by atomic mass is 79.9. The molecule has 0 atom stereocenters. The molecule has 0 saturated heterocycles. The van der Waals surface area contributed by atoms with Crippen molar-refractivity contribution in [1.82, 2.24) is 14.9 Å². The lowest BCUT2D eigenvalue weighted by atomic mass is 10.2. The predicted octanol–water partition coefficient (Wildman–Crippen LogP) is 5.35. The van der Waals surface area contributed by atoms with Gasteiger partial charge in [-0.15, -0.1) is 0 Å². The van der Waals surface area contributed by atoms with E-state index in [1.165, 1.54) is 0 Å². The van der Waals surface area contributed by atoms with Crippen LogP contribution in [0.3, 0.4) is 0 Å². The van der Waals surface area contributed by atoms with Gasteiger partial charge in [-0.05, 0) is 67.3 Å². The highest BCUT2D eigenvalue weighted by Gasteiger charge is 2.10. The normalized spacial score (nSPS) is 10.7. The molecule has 1 aromatic heterocycles. The summed E-state index contributed by atoms with van der Waals surface area (Å²) in [6.45, 7) is 3.16. The van der Waals surface area contributed by atoms with Crippen molar-refractivity contribution in [2.24, 2.45) is 0 Å². The summed E-state index contributed by atoms with van der Waals surface area (Å²) in [6, 6.07) is 14.2. The third kappa shape index (κ3) is 4.55. The van der Waals surface area contributed by atoms with E-state index in [0.29, 0.717) is 17.9 Å². The first-order valence-electron chi connectivity index (χ1n) is 8.13. The SMILES string of the molecule is CCc1n[nH]c(=S)n1NCc1cc(Br)c(OCc2ccccc2)c(Br)c1. The van der Waals surface area contributed by atoms with Crippen LogP contribution in [0.4, 0.5) is 0 Å². The molecule has 3 rings (SSSR count). The van der Waals surface area contributed by atoms with E-state index < -0.39 is 0 Å². The lowest BCUT2D eigenvalue weighted by molar-refractivity contribution is 0.302. The number of hydrogen-bond donors (Lipinski definition) is 2. The zero-order valence-corrected chi connectivity index (χ0v) is 18.1. The molecule has 0 aliphatic carbocycles. The first-order valence-corrected chi connectivity index (χ1v) is 10.1. The van der Waals surface area contributed by atoms with Gasteiger partial charge in [0.2, 0.25) is 4.77 Å². The van der Waals surface area contributed by atoms with Crippen molar-refractivity contribution in [3.8, 4) is 5.75 Å². The lowest BCUT2D eigenvalue weighted by Gasteiger charge is -2.14. The van der Waals surface area contributed by atoms with Crippen molar-refractivity contribution < 1.29 is 4.74 Å². The van der Waals surface area contributed by atoms with Gasteiger partial charge in [0.25, 0.3) is 0 Å². The summed E-state index contributed by atoms with van der Waals surface area (Å²) in [6.07, 6.45) is 0.791. The maximum Gasteiger partial charge on any atom is 0.214 e. The summed E-state index contributed by atoms with van der Waals surface area (Å²) in [7, 11) is 0. The van der Waals surface area contributed by atoms with E-state index in [1.54, 1.807) is 4.68 Å². The lowest BCUT2D eigenvalue weighted by Crippen LogP contribution is -2.17. The van der Waals surface area contributed by atoms with E-state index in [2.05, 4.69) is 47.5 Å².